The molecule has 3 unspecified atom stereocenters. The lowest BCUT2D eigenvalue weighted by atomic mass is 9.83. The van der Waals surface area contributed by atoms with Gasteiger partial charge in [-0.1, -0.05) is 26.7 Å². The zero-order valence-electron chi connectivity index (χ0n) is 14.5. The fraction of sp³-hybridized carbons (Fsp3) is 0.941. The maximum atomic E-state index is 12.1. The molecule has 4 nitrogen and oxygen atoms in total. The second-order valence-corrected chi connectivity index (χ2v) is 6.76. The van der Waals surface area contributed by atoms with Gasteiger partial charge in [0.05, 0.1) is 0 Å². The Labute approximate surface area is 130 Å². The Hall–Kier alpha value is -0.610. The summed E-state index contributed by atoms with van der Waals surface area (Å²) in [5.41, 5.74) is 5.31. The number of rotatable bonds is 10. The minimum Gasteiger partial charge on any atom is -0.368 e. The van der Waals surface area contributed by atoms with Crippen molar-refractivity contribution in [3.63, 3.8) is 0 Å². The molecule has 0 aromatic rings. The lowest BCUT2D eigenvalue weighted by Gasteiger charge is -2.35. The highest BCUT2D eigenvalue weighted by molar-refractivity contribution is 5.85. The Bertz CT molecular complexity index is 321. The van der Waals surface area contributed by atoms with Crippen molar-refractivity contribution in [3.8, 4) is 0 Å². The highest BCUT2D eigenvalue weighted by atomic mass is 16.1. The molecule has 1 rings (SSSR count). The summed E-state index contributed by atoms with van der Waals surface area (Å²) >= 11 is 0. The molecule has 21 heavy (non-hydrogen) atoms. The Kier molecular flexibility index (Phi) is 7.67. The topological polar surface area (TPSA) is 58.4 Å². The fourth-order valence-electron chi connectivity index (χ4n) is 3.68. The third kappa shape index (κ3) is 4.68. The van der Waals surface area contributed by atoms with Crippen LogP contribution in [0.25, 0.3) is 0 Å². The normalized spacial score (nSPS) is 27.2. The van der Waals surface area contributed by atoms with Gasteiger partial charge in [0.2, 0.25) is 5.91 Å². The van der Waals surface area contributed by atoms with E-state index in [2.05, 4.69) is 38.0 Å². The number of hydrogen-bond donors (Lipinski definition) is 2. The van der Waals surface area contributed by atoms with E-state index in [1.54, 1.807) is 0 Å². The number of nitrogens with one attached hydrogen (secondary N) is 1. The van der Waals surface area contributed by atoms with Crippen LogP contribution >= 0.6 is 0 Å². The largest absolute Gasteiger partial charge is 0.368 e. The van der Waals surface area contributed by atoms with Crippen LogP contribution in [-0.4, -0.2) is 42.5 Å². The zero-order chi connectivity index (χ0) is 15.9. The Morgan fingerprint density at radius 2 is 2.14 bits per heavy atom. The first kappa shape index (κ1) is 18.4. The van der Waals surface area contributed by atoms with E-state index in [1.165, 1.54) is 12.8 Å². The number of amides is 1. The summed E-state index contributed by atoms with van der Waals surface area (Å²) in [6.07, 6.45) is 7.68. The molecule has 1 amide bonds. The van der Waals surface area contributed by atoms with Gasteiger partial charge in [-0.25, -0.2) is 0 Å². The van der Waals surface area contributed by atoms with Crippen molar-refractivity contribution in [2.24, 2.45) is 11.7 Å². The molecular formula is C17H35N3O. The quantitative estimate of drug-likeness (QED) is 0.651. The summed E-state index contributed by atoms with van der Waals surface area (Å²) < 4.78 is 0. The first-order chi connectivity index (χ1) is 9.97. The van der Waals surface area contributed by atoms with Gasteiger partial charge in [0.1, 0.15) is 5.54 Å². The van der Waals surface area contributed by atoms with Crippen LogP contribution in [0.3, 0.4) is 0 Å². The Balaban J connectivity index is 2.60. The first-order valence-electron chi connectivity index (χ1n) is 8.73. The van der Waals surface area contributed by atoms with Crippen LogP contribution in [0.5, 0.6) is 0 Å². The van der Waals surface area contributed by atoms with Crippen LogP contribution in [0.15, 0.2) is 0 Å². The van der Waals surface area contributed by atoms with Crippen LogP contribution in [0.2, 0.25) is 0 Å². The number of nitrogens with two attached hydrogens (primary N) is 1. The molecule has 0 bridgehead atoms. The number of carbonyl (C=O) groups excluding carboxylic acids is 1. The lowest BCUT2D eigenvalue weighted by molar-refractivity contribution is -0.126. The standard InChI is InChI=1S/C17H35N3O/c1-5-8-14(3)20(4)13-10-15-9-7-11-17(15,16(18)21)19-12-6-2/h14-15,19H,5-13H2,1-4H3,(H2,18,21). The molecule has 3 atom stereocenters. The summed E-state index contributed by atoms with van der Waals surface area (Å²) in [7, 11) is 2.20. The van der Waals surface area contributed by atoms with E-state index in [-0.39, 0.29) is 5.91 Å². The maximum Gasteiger partial charge on any atom is 0.238 e. The minimum absolute atomic E-state index is 0.150. The highest BCUT2D eigenvalue weighted by Crippen LogP contribution is 2.38. The SMILES string of the molecule is CCCNC1(C(N)=O)CCCC1CCN(C)C(C)CCC. The summed E-state index contributed by atoms with van der Waals surface area (Å²) in [6.45, 7) is 8.57. The second-order valence-electron chi connectivity index (χ2n) is 6.76. The third-order valence-electron chi connectivity index (χ3n) is 5.24. The fourth-order valence-corrected chi connectivity index (χ4v) is 3.68. The van der Waals surface area contributed by atoms with Gasteiger partial charge in [0.25, 0.3) is 0 Å². The molecule has 0 aromatic carbocycles. The average molecular weight is 297 g/mol. The van der Waals surface area contributed by atoms with Crippen molar-refractivity contribution < 1.29 is 4.79 Å². The van der Waals surface area contributed by atoms with E-state index in [4.69, 9.17) is 5.73 Å². The molecule has 0 radical (unpaired) electrons. The number of nitrogens with zero attached hydrogens (tertiary/aromatic N) is 1. The van der Waals surface area contributed by atoms with Crippen molar-refractivity contribution in [2.45, 2.75) is 77.3 Å². The van der Waals surface area contributed by atoms with Crippen molar-refractivity contribution >= 4 is 5.91 Å². The molecule has 4 heteroatoms. The predicted octanol–water partition coefficient (Wildman–Crippen LogP) is 2.52. The summed E-state index contributed by atoms with van der Waals surface area (Å²) in [4.78, 5) is 14.5. The van der Waals surface area contributed by atoms with E-state index in [0.29, 0.717) is 12.0 Å². The molecule has 3 N–H and O–H groups in total. The molecule has 124 valence electrons. The molecule has 1 aliphatic carbocycles. The van der Waals surface area contributed by atoms with E-state index < -0.39 is 5.54 Å². The molecule has 0 heterocycles. The van der Waals surface area contributed by atoms with Crippen molar-refractivity contribution in [2.75, 3.05) is 20.1 Å². The first-order valence-corrected chi connectivity index (χ1v) is 8.73. The monoisotopic (exact) mass is 297 g/mol. The summed E-state index contributed by atoms with van der Waals surface area (Å²) in [5.74, 6) is 0.237. The zero-order valence-corrected chi connectivity index (χ0v) is 14.5. The van der Waals surface area contributed by atoms with Gasteiger partial charge in [-0.2, -0.15) is 0 Å². The van der Waals surface area contributed by atoms with E-state index in [0.717, 1.165) is 45.2 Å². The van der Waals surface area contributed by atoms with Crippen LogP contribution in [0.4, 0.5) is 0 Å². The van der Waals surface area contributed by atoms with Gasteiger partial charge < -0.3 is 16.0 Å². The highest BCUT2D eigenvalue weighted by Gasteiger charge is 2.46. The molecule has 1 saturated carbocycles. The minimum atomic E-state index is -0.454. The molecule has 1 fully saturated rings. The predicted molar refractivity (Wildman–Crippen MR) is 89.2 cm³/mol. The molecule has 0 spiro atoms. The number of carbonyl (C=O) groups is 1. The summed E-state index contributed by atoms with van der Waals surface area (Å²) in [6, 6.07) is 0.614. The third-order valence-corrected chi connectivity index (χ3v) is 5.24. The number of hydrogen-bond acceptors (Lipinski definition) is 3. The van der Waals surface area contributed by atoms with Crippen molar-refractivity contribution in [1.29, 1.82) is 0 Å². The van der Waals surface area contributed by atoms with E-state index in [9.17, 15) is 4.79 Å². The lowest BCUT2D eigenvalue weighted by Crippen LogP contribution is -2.58. The average Bonchev–Trinajstić information content (AvgIpc) is 2.87. The van der Waals surface area contributed by atoms with Crippen LogP contribution in [-0.2, 0) is 4.79 Å². The van der Waals surface area contributed by atoms with Gasteiger partial charge >= 0.3 is 0 Å². The Morgan fingerprint density at radius 3 is 2.71 bits per heavy atom. The van der Waals surface area contributed by atoms with Crippen LogP contribution in [0, 0.1) is 5.92 Å². The molecule has 0 aliphatic heterocycles. The smallest absolute Gasteiger partial charge is 0.238 e. The molecule has 0 saturated heterocycles. The van der Waals surface area contributed by atoms with Gasteiger partial charge in [-0.15, -0.1) is 0 Å². The van der Waals surface area contributed by atoms with Crippen molar-refractivity contribution in [3.05, 3.63) is 0 Å². The van der Waals surface area contributed by atoms with Gasteiger partial charge in [-0.3, -0.25) is 4.79 Å². The maximum absolute atomic E-state index is 12.1. The van der Waals surface area contributed by atoms with E-state index in [1.807, 2.05) is 0 Å². The Morgan fingerprint density at radius 1 is 1.43 bits per heavy atom. The van der Waals surface area contributed by atoms with Crippen LogP contribution in [0.1, 0.15) is 65.7 Å². The molecule has 0 aromatic heterocycles. The van der Waals surface area contributed by atoms with E-state index >= 15 is 0 Å². The van der Waals surface area contributed by atoms with Gasteiger partial charge in [0, 0.05) is 6.04 Å². The molecule has 1 aliphatic rings. The van der Waals surface area contributed by atoms with Gasteiger partial charge in [0.15, 0.2) is 0 Å². The molecular weight excluding hydrogens is 262 g/mol. The van der Waals surface area contributed by atoms with Crippen molar-refractivity contribution in [1.82, 2.24) is 10.2 Å². The second kappa shape index (κ2) is 8.74. The van der Waals surface area contributed by atoms with Crippen LogP contribution < -0.4 is 11.1 Å². The summed E-state index contributed by atoms with van der Waals surface area (Å²) in [5, 5.41) is 3.48. The number of primary amides is 1. The van der Waals surface area contributed by atoms with Gasteiger partial charge in [-0.05, 0) is 65.1 Å².